The zero-order valence-corrected chi connectivity index (χ0v) is 11.5. The third-order valence-electron chi connectivity index (χ3n) is 3.56. The number of nitrogens with one attached hydrogen (secondary N) is 1. The van der Waals surface area contributed by atoms with Gasteiger partial charge in [0.05, 0.1) is 0 Å². The monoisotopic (exact) mass is 256 g/mol. The Balaban J connectivity index is 2.41. The minimum atomic E-state index is -0.829. The Morgan fingerprint density at radius 1 is 1.44 bits per heavy atom. The summed E-state index contributed by atoms with van der Waals surface area (Å²) in [5.74, 6) is -0.220. The number of amides is 2. The van der Waals surface area contributed by atoms with Gasteiger partial charge in [0.1, 0.15) is 0 Å². The molecule has 0 saturated carbocycles. The molecule has 5 nitrogen and oxygen atoms in total. The van der Waals surface area contributed by atoms with Crippen LogP contribution in [0.3, 0.4) is 0 Å². The standard InChI is InChI=1S/C13H24N2O3/c1-4-10-6-8-15(9-10)12(18)14-13(2,3)7-5-11(16)17/h10H,4-9H2,1-3H3,(H,14,18)(H,16,17). The van der Waals surface area contributed by atoms with Gasteiger partial charge < -0.3 is 15.3 Å². The van der Waals surface area contributed by atoms with Crippen LogP contribution in [0.25, 0.3) is 0 Å². The van der Waals surface area contributed by atoms with Gasteiger partial charge in [0.15, 0.2) is 0 Å². The van der Waals surface area contributed by atoms with Crippen molar-refractivity contribution in [3.8, 4) is 0 Å². The molecule has 18 heavy (non-hydrogen) atoms. The summed E-state index contributed by atoms with van der Waals surface area (Å²) in [6, 6.07) is -0.0682. The van der Waals surface area contributed by atoms with E-state index in [1.165, 1.54) is 0 Å². The number of nitrogens with zero attached hydrogens (tertiary/aromatic N) is 1. The van der Waals surface area contributed by atoms with Crippen LogP contribution in [-0.2, 0) is 4.79 Å². The molecule has 0 aliphatic carbocycles. The van der Waals surface area contributed by atoms with E-state index in [1.807, 2.05) is 18.7 Å². The Morgan fingerprint density at radius 3 is 2.61 bits per heavy atom. The molecule has 1 rings (SSSR count). The fourth-order valence-corrected chi connectivity index (χ4v) is 2.20. The molecule has 0 radical (unpaired) electrons. The lowest BCUT2D eigenvalue weighted by molar-refractivity contribution is -0.137. The third kappa shape index (κ3) is 4.55. The van der Waals surface area contributed by atoms with Crippen molar-refractivity contribution in [1.82, 2.24) is 10.2 Å². The predicted molar refractivity (Wildman–Crippen MR) is 69.5 cm³/mol. The Labute approximate surface area is 109 Å². The number of hydrogen-bond donors (Lipinski definition) is 2. The van der Waals surface area contributed by atoms with Crippen LogP contribution in [0.1, 0.15) is 46.5 Å². The molecule has 0 aromatic rings. The van der Waals surface area contributed by atoms with E-state index in [9.17, 15) is 9.59 Å². The van der Waals surface area contributed by atoms with Gasteiger partial charge in [-0.05, 0) is 32.6 Å². The van der Waals surface area contributed by atoms with Crippen molar-refractivity contribution in [3.05, 3.63) is 0 Å². The van der Waals surface area contributed by atoms with Crippen LogP contribution in [0.4, 0.5) is 4.79 Å². The second kappa shape index (κ2) is 6.07. The summed E-state index contributed by atoms with van der Waals surface area (Å²) < 4.78 is 0. The van der Waals surface area contributed by atoms with Crippen molar-refractivity contribution in [1.29, 1.82) is 0 Å². The molecule has 1 fully saturated rings. The molecule has 1 aliphatic heterocycles. The van der Waals surface area contributed by atoms with Gasteiger partial charge in [-0.2, -0.15) is 0 Å². The average molecular weight is 256 g/mol. The third-order valence-corrected chi connectivity index (χ3v) is 3.56. The van der Waals surface area contributed by atoms with E-state index in [1.54, 1.807) is 0 Å². The zero-order valence-electron chi connectivity index (χ0n) is 11.5. The molecule has 104 valence electrons. The van der Waals surface area contributed by atoms with Crippen molar-refractivity contribution >= 4 is 12.0 Å². The quantitative estimate of drug-likeness (QED) is 0.791. The molecule has 5 heteroatoms. The Morgan fingerprint density at radius 2 is 2.11 bits per heavy atom. The van der Waals surface area contributed by atoms with Crippen LogP contribution in [0, 0.1) is 5.92 Å². The normalized spacial score (nSPS) is 19.9. The number of carboxylic acid groups (broad SMARTS) is 1. The van der Waals surface area contributed by atoms with Crippen molar-refractivity contribution < 1.29 is 14.7 Å². The Kier molecular flexibility index (Phi) is 4.99. The van der Waals surface area contributed by atoms with Crippen LogP contribution in [0.5, 0.6) is 0 Å². The number of rotatable bonds is 5. The Hall–Kier alpha value is -1.26. The molecule has 1 atom stereocenters. The van der Waals surface area contributed by atoms with Crippen LogP contribution in [0.15, 0.2) is 0 Å². The maximum absolute atomic E-state index is 12.0. The van der Waals surface area contributed by atoms with E-state index in [0.29, 0.717) is 12.3 Å². The largest absolute Gasteiger partial charge is 0.481 e. The van der Waals surface area contributed by atoms with Crippen LogP contribution in [0.2, 0.25) is 0 Å². The van der Waals surface area contributed by atoms with E-state index in [2.05, 4.69) is 12.2 Å². The topological polar surface area (TPSA) is 69.6 Å². The van der Waals surface area contributed by atoms with Gasteiger partial charge in [-0.3, -0.25) is 4.79 Å². The summed E-state index contributed by atoms with van der Waals surface area (Å²) in [7, 11) is 0. The summed E-state index contributed by atoms with van der Waals surface area (Å²) in [5, 5.41) is 11.6. The maximum Gasteiger partial charge on any atom is 0.317 e. The maximum atomic E-state index is 12.0. The average Bonchev–Trinajstić information content (AvgIpc) is 2.74. The molecule has 1 aliphatic rings. The smallest absolute Gasteiger partial charge is 0.317 e. The first kappa shape index (κ1) is 14.8. The minimum Gasteiger partial charge on any atom is -0.481 e. The second-order valence-corrected chi connectivity index (χ2v) is 5.72. The highest BCUT2D eigenvalue weighted by atomic mass is 16.4. The summed E-state index contributed by atoms with van der Waals surface area (Å²) in [6.07, 6.45) is 2.69. The van der Waals surface area contributed by atoms with E-state index >= 15 is 0 Å². The molecule has 1 saturated heterocycles. The number of aliphatic carboxylic acids is 1. The fraction of sp³-hybridized carbons (Fsp3) is 0.846. The lowest BCUT2D eigenvalue weighted by Gasteiger charge is -2.29. The van der Waals surface area contributed by atoms with Gasteiger partial charge in [0.2, 0.25) is 0 Å². The van der Waals surface area contributed by atoms with Crippen molar-refractivity contribution in [3.63, 3.8) is 0 Å². The number of carbonyl (C=O) groups excluding carboxylic acids is 1. The van der Waals surface area contributed by atoms with Crippen LogP contribution < -0.4 is 5.32 Å². The molecule has 1 unspecified atom stereocenters. The second-order valence-electron chi connectivity index (χ2n) is 5.72. The van der Waals surface area contributed by atoms with Gasteiger partial charge >= 0.3 is 12.0 Å². The van der Waals surface area contributed by atoms with Crippen molar-refractivity contribution in [2.75, 3.05) is 13.1 Å². The number of carboxylic acids is 1. The van der Waals surface area contributed by atoms with Gasteiger partial charge in [-0.15, -0.1) is 0 Å². The predicted octanol–water partition coefficient (Wildman–Crippen LogP) is 2.07. The SMILES string of the molecule is CCC1CCN(C(=O)NC(C)(C)CCC(=O)O)C1. The molecular weight excluding hydrogens is 232 g/mol. The first-order valence-corrected chi connectivity index (χ1v) is 6.63. The van der Waals surface area contributed by atoms with Crippen molar-refractivity contribution in [2.45, 2.75) is 52.0 Å². The van der Waals surface area contributed by atoms with E-state index in [4.69, 9.17) is 5.11 Å². The molecule has 0 aromatic carbocycles. The zero-order chi connectivity index (χ0) is 13.8. The van der Waals surface area contributed by atoms with E-state index < -0.39 is 11.5 Å². The highest BCUT2D eigenvalue weighted by Crippen LogP contribution is 2.20. The fourth-order valence-electron chi connectivity index (χ4n) is 2.20. The molecule has 1 heterocycles. The summed E-state index contributed by atoms with van der Waals surface area (Å²) >= 11 is 0. The molecule has 2 amide bonds. The van der Waals surface area contributed by atoms with Crippen molar-refractivity contribution in [2.24, 2.45) is 5.92 Å². The first-order chi connectivity index (χ1) is 8.34. The summed E-state index contributed by atoms with van der Waals surface area (Å²) in [5.41, 5.74) is -0.472. The molecule has 0 aromatic heterocycles. The van der Waals surface area contributed by atoms with Crippen LogP contribution in [-0.4, -0.2) is 40.6 Å². The Bertz CT molecular complexity index is 315. The highest BCUT2D eigenvalue weighted by molar-refractivity contribution is 5.75. The minimum absolute atomic E-state index is 0.0682. The van der Waals surface area contributed by atoms with Gasteiger partial charge in [0, 0.05) is 25.0 Å². The molecule has 0 bridgehead atoms. The molecular formula is C13H24N2O3. The van der Waals surface area contributed by atoms with Gasteiger partial charge in [-0.1, -0.05) is 13.3 Å². The highest BCUT2D eigenvalue weighted by Gasteiger charge is 2.29. The van der Waals surface area contributed by atoms with Gasteiger partial charge in [-0.25, -0.2) is 4.79 Å². The van der Waals surface area contributed by atoms with E-state index in [-0.39, 0.29) is 12.5 Å². The molecule has 0 spiro atoms. The summed E-state index contributed by atoms with van der Waals surface area (Å²) in [6.45, 7) is 7.49. The number of urea groups is 1. The molecule has 2 N–H and O–H groups in total. The lowest BCUT2D eigenvalue weighted by Crippen LogP contribution is -2.49. The number of hydrogen-bond acceptors (Lipinski definition) is 2. The number of likely N-dealkylation sites (tertiary alicyclic amines) is 1. The first-order valence-electron chi connectivity index (χ1n) is 6.63. The number of carbonyl (C=O) groups is 2. The van der Waals surface area contributed by atoms with Gasteiger partial charge in [0.25, 0.3) is 0 Å². The van der Waals surface area contributed by atoms with E-state index in [0.717, 1.165) is 25.9 Å². The lowest BCUT2D eigenvalue weighted by atomic mass is 9.99. The van der Waals surface area contributed by atoms with Crippen LogP contribution >= 0.6 is 0 Å². The summed E-state index contributed by atoms with van der Waals surface area (Å²) in [4.78, 5) is 24.4.